The van der Waals surface area contributed by atoms with E-state index >= 15 is 0 Å². The molecular formula is C11H20N2O5S2. The molecule has 2 atom stereocenters. The van der Waals surface area contributed by atoms with Crippen LogP contribution in [0.3, 0.4) is 0 Å². The molecule has 0 saturated carbocycles. The Bertz CT molecular complexity index is 343. The molecule has 0 bridgehead atoms. The molecule has 0 aromatic carbocycles. The number of aldehydes is 1. The Kier molecular flexibility index (Phi) is 9.64. The van der Waals surface area contributed by atoms with Gasteiger partial charge in [-0.1, -0.05) is 28.5 Å². The van der Waals surface area contributed by atoms with Gasteiger partial charge in [-0.15, -0.1) is 0 Å². The van der Waals surface area contributed by atoms with Crippen molar-refractivity contribution in [3.8, 4) is 0 Å². The third-order valence-corrected chi connectivity index (χ3v) is 4.84. The highest BCUT2D eigenvalue weighted by Crippen LogP contribution is 2.25. The lowest BCUT2D eigenvalue weighted by atomic mass is 10.1. The van der Waals surface area contributed by atoms with Crippen molar-refractivity contribution in [2.75, 3.05) is 18.1 Å². The Hall–Kier alpha value is -0.770. The largest absolute Gasteiger partial charge is 0.480 e. The average molecular weight is 324 g/mol. The lowest BCUT2D eigenvalue weighted by molar-refractivity contribution is -0.141. The second-order valence-corrected chi connectivity index (χ2v) is 6.77. The summed E-state index contributed by atoms with van der Waals surface area (Å²) in [6.07, 6.45) is 1.40. The summed E-state index contributed by atoms with van der Waals surface area (Å²) < 4.78 is 0. The molecule has 0 spiro atoms. The molecule has 20 heavy (non-hydrogen) atoms. The summed E-state index contributed by atoms with van der Waals surface area (Å²) >= 11 is 0. The fourth-order valence-electron chi connectivity index (χ4n) is 1.05. The molecule has 0 radical (unpaired) electrons. The lowest BCUT2D eigenvalue weighted by Crippen LogP contribution is -2.47. The molecule has 116 valence electrons. The molecule has 5 N–H and O–H groups in total. The number of nitrogens with one attached hydrogen (secondary N) is 1. The first-order valence-corrected chi connectivity index (χ1v) is 8.50. The van der Waals surface area contributed by atoms with Crippen LogP contribution in [0.4, 0.5) is 0 Å². The Morgan fingerprint density at radius 1 is 1.45 bits per heavy atom. The number of carboxylic acid groups (broad SMARTS) is 1. The number of aliphatic hydroxyl groups is 1. The Morgan fingerprint density at radius 2 is 2.10 bits per heavy atom. The van der Waals surface area contributed by atoms with Crippen molar-refractivity contribution in [2.45, 2.75) is 31.3 Å². The van der Waals surface area contributed by atoms with Crippen molar-refractivity contribution in [3.63, 3.8) is 0 Å². The maximum atomic E-state index is 11.4. The number of carbonyl (C=O) groups excluding carboxylic acids is 2. The second kappa shape index (κ2) is 10.0. The zero-order chi connectivity index (χ0) is 15.6. The summed E-state index contributed by atoms with van der Waals surface area (Å²) in [6.45, 7) is 1.36. The summed E-state index contributed by atoms with van der Waals surface area (Å²) in [5.41, 5.74) is 4.24. The number of hydrogen-bond donors (Lipinski definition) is 4. The molecule has 0 fully saturated rings. The Morgan fingerprint density at radius 3 is 2.55 bits per heavy atom. The van der Waals surface area contributed by atoms with Crippen molar-refractivity contribution in [1.82, 2.24) is 5.32 Å². The van der Waals surface area contributed by atoms with E-state index in [4.69, 9.17) is 15.9 Å². The van der Waals surface area contributed by atoms with Gasteiger partial charge in [0, 0.05) is 17.9 Å². The summed E-state index contributed by atoms with van der Waals surface area (Å²) in [4.78, 5) is 33.0. The van der Waals surface area contributed by atoms with Gasteiger partial charge in [0.2, 0.25) is 5.91 Å². The predicted octanol–water partition coefficient (Wildman–Crippen LogP) is -0.374. The highest BCUT2D eigenvalue weighted by molar-refractivity contribution is 8.76. The molecule has 0 aromatic rings. The van der Waals surface area contributed by atoms with Gasteiger partial charge in [-0.05, 0) is 6.42 Å². The maximum Gasteiger partial charge on any atom is 0.327 e. The number of nitrogens with two attached hydrogens (primary N) is 1. The summed E-state index contributed by atoms with van der Waals surface area (Å²) in [5.74, 6) is -1.11. The minimum atomic E-state index is -1.32. The van der Waals surface area contributed by atoms with E-state index in [9.17, 15) is 14.4 Å². The van der Waals surface area contributed by atoms with E-state index in [-0.39, 0.29) is 23.8 Å². The maximum absolute atomic E-state index is 11.4. The summed E-state index contributed by atoms with van der Waals surface area (Å²) in [5, 5.41) is 20.3. The SMILES string of the molecule is CCCC(=O)NC(CSSCC(N)(C=O)CO)C(=O)O. The molecule has 0 aliphatic heterocycles. The van der Waals surface area contributed by atoms with Gasteiger partial charge in [-0.2, -0.15) is 0 Å². The van der Waals surface area contributed by atoms with Gasteiger partial charge >= 0.3 is 5.97 Å². The zero-order valence-electron chi connectivity index (χ0n) is 11.2. The number of rotatable bonds is 11. The molecular weight excluding hydrogens is 304 g/mol. The van der Waals surface area contributed by atoms with Crippen LogP contribution in [-0.4, -0.2) is 58.1 Å². The first kappa shape index (κ1) is 19.2. The minimum Gasteiger partial charge on any atom is -0.480 e. The highest BCUT2D eigenvalue weighted by atomic mass is 33.1. The number of amides is 1. The summed E-state index contributed by atoms with van der Waals surface area (Å²) in [6, 6.07) is -0.982. The molecule has 7 nitrogen and oxygen atoms in total. The van der Waals surface area contributed by atoms with Crippen molar-refractivity contribution in [3.05, 3.63) is 0 Å². The minimum absolute atomic E-state index is 0.149. The van der Waals surface area contributed by atoms with E-state index in [0.717, 1.165) is 0 Å². The zero-order valence-corrected chi connectivity index (χ0v) is 12.8. The van der Waals surface area contributed by atoms with Gasteiger partial charge < -0.3 is 26.1 Å². The van der Waals surface area contributed by atoms with Crippen LogP contribution in [0.25, 0.3) is 0 Å². The number of carbonyl (C=O) groups is 3. The topological polar surface area (TPSA) is 130 Å². The quantitative estimate of drug-likeness (QED) is 0.230. The molecule has 1 amide bonds. The van der Waals surface area contributed by atoms with Crippen LogP contribution < -0.4 is 11.1 Å². The van der Waals surface area contributed by atoms with Gasteiger partial charge in [0.1, 0.15) is 17.9 Å². The van der Waals surface area contributed by atoms with Crippen LogP contribution in [0, 0.1) is 0 Å². The normalized spacial score (nSPS) is 15.2. The van der Waals surface area contributed by atoms with Crippen LogP contribution in [-0.2, 0) is 14.4 Å². The van der Waals surface area contributed by atoms with Crippen LogP contribution in [0.2, 0.25) is 0 Å². The van der Waals surface area contributed by atoms with Crippen molar-refractivity contribution >= 4 is 39.8 Å². The third-order valence-electron chi connectivity index (χ3n) is 2.29. The van der Waals surface area contributed by atoms with Crippen LogP contribution in [0.1, 0.15) is 19.8 Å². The number of aliphatic carboxylic acids is 1. The fourth-order valence-corrected chi connectivity index (χ4v) is 3.58. The Balaban J connectivity index is 4.13. The van der Waals surface area contributed by atoms with E-state index in [1.807, 2.05) is 6.92 Å². The predicted molar refractivity (Wildman–Crippen MR) is 79.5 cm³/mol. The average Bonchev–Trinajstić information content (AvgIpc) is 2.42. The first-order chi connectivity index (χ1) is 9.38. The third kappa shape index (κ3) is 7.73. The molecule has 0 aromatic heterocycles. The monoisotopic (exact) mass is 324 g/mol. The van der Waals surface area contributed by atoms with Gasteiger partial charge in [0.25, 0.3) is 0 Å². The van der Waals surface area contributed by atoms with Gasteiger partial charge in [-0.25, -0.2) is 4.79 Å². The molecule has 0 aliphatic carbocycles. The molecule has 9 heteroatoms. The fraction of sp³-hybridized carbons (Fsp3) is 0.727. The van der Waals surface area contributed by atoms with Crippen molar-refractivity contribution in [2.24, 2.45) is 5.73 Å². The molecule has 2 unspecified atom stereocenters. The van der Waals surface area contributed by atoms with Crippen molar-refractivity contribution in [1.29, 1.82) is 0 Å². The van der Waals surface area contributed by atoms with E-state index in [1.54, 1.807) is 0 Å². The van der Waals surface area contributed by atoms with E-state index in [0.29, 0.717) is 12.7 Å². The van der Waals surface area contributed by atoms with E-state index in [2.05, 4.69) is 5.32 Å². The lowest BCUT2D eigenvalue weighted by Gasteiger charge is -2.19. The van der Waals surface area contributed by atoms with Crippen LogP contribution in [0.5, 0.6) is 0 Å². The van der Waals surface area contributed by atoms with E-state index in [1.165, 1.54) is 21.6 Å². The van der Waals surface area contributed by atoms with E-state index < -0.39 is 24.2 Å². The number of carboxylic acids is 1. The van der Waals surface area contributed by atoms with Crippen LogP contribution >= 0.6 is 21.6 Å². The van der Waals surface area contributed by atoms with Gasteiger partial charge in [0.05, 0.1) is 6.61 Å². The summed E-state index contributed by atoms with van der Waals surface area (Å²) in [7, 11) is 2.36. The molecule has 0 heterocycles. The number of hydrogen-bond acceptors (Lipinski definition) is 7. The van der Waals surface area contributed by atoms with Crippen molar-refractivity contribution < 1.29 is 24.6 Å². The standard InChI is InChI=1S/C11H20N2O5S2/c1-2-3-9(16)13-8(10(17)18)4-19-20-7-11(12,5-14)6-15/h5,8,15H,2-4,6-7,12H2,1H3,(H,13,16)(H,17,18). The van der Waals surface area contributed by atoms with Gasteiger partial charge in [-0.3, -0.25) is 4.79 Å². The van der Waals surface area contributed by atoms with Crippen LogP contribution in [0.15, 0.2) is 0 Å². The smallest absolute Gasteiger partial charge is 0.327 e. The molecule has 0 rings (SSSR count). The molecule has 0 aliphatic rings. The highest BCUT2D eigenvalue weighted by Gasteiger charge is 2.24. The Labute approximate surface area is 125 Å². The second-order valence-electron chi connectivity index (χ2n) is 4.26. The number of aliphatic hydroxyl groups excluding tert-OH is 1. The first-order valence-electron chi connectivity index (χ1n) is 6.01. The van der Waals surface area contributed by atoms with Gasteiger partial charge in [0.15, 0.2) is 0 Å². The molecule has 0 saturated heterocycles.